The zero-order valence-corrected chi connectivity index (χ0v) is 10.0. The van der Waals surface area contributed by atoms with Gasteiger partial charge in [-0.25, -0.2) is 0 Å². The van der Waals surface area contributed by atoms with E-state index < -0.39 is 0 Å². The molecular weight excluding hydrogens is 188 g/mol. The van der Waals surface area contributed by atoms with Crippen LogP contribution < -0.4 is 5.32 Å². The fraction of sp³-hybridized carbons (Fsp3) is 1.00. The Bertz CT molecular complexity index is 190. The first kappa shape index (κ1) is 11.4. The van der Waals surface area contributed by atoms with Gasteiger partial charge in [-0.15, -0.1) is 0 Å². The molecule has 0 aromatic rings. The van der Waals surface area contributed by atoms with Crippen LogP contribution in [0, 0.1) is 5.92 Å². The van der Waals surface area contributed by atoms with Gasteiger partial charge in [0.25, 0.3) is 0 Å². The van der Waals surface area contributed by atoms with Crippen LogP contribution in [0.15, 0.2) is 0 Å². The highest BCUT2D eigenvalue weighted by Crippen LogP contribution is 2.22. The standard InChI is InChI=1S/C12H24N2O/c1-3-14-6-4-5-11(14)7-12-13-8-10(2)9-15-12/h10-13H,3-9H2,1-2H3. The molecule has 2 aliphatic rings. The lowest BCUT2D eigenvalue weighted by Crippen LogP contribution is -2.46. The zero-order chi connectivity index (χ0) is 10.7. The first-order valence-corrected chi connectivity index (χ1v) is 6.38. The molecule has 0 radical (unpaired) electrons. The average Bonchev–Trinajstić information content (AvgIpc) is 2.69. The van der Waals surface area contributed by atoms with Crippen molar-refractivity contribution in [3.8, 4) is 0 Å². The normalized spacial score (nSPS) is 38.4. The Hall–Kier alpha value is -0.120. The third-order valence-electron chi connectivity index (χ3n) is 3.67. The number of nitrogens with one attached hydrogen (secondary N) is 1. The Labute approximate surface area is 93.2 Å². The van der Waals surface area contributed by atoms with Crippen LogP contribution in [0.4, 0.5) is 0 Å². The minimum absolute atomic E-state index is 0.304. The SMILES string of the molecule is CCN1CCCC1CC1NCC(C)CO1. The average molecular weight is 212 g/mol. The van der Waals surface area contributed by atoms with Crippen LogP contribution in [-0.2, 0) is 4.74 Å². The third kappa shape index (κ3) is 2.92. The van der Waals surface area contributed by atoms with Gasteiger partial charge in [-0.05, 0) is 31.8 Å². The van der Waals surface area contributed by atoms with E-state index in [4.69, 9.17) is 4.74 Å². The van der Waals surface area contributed by atoms with Crippen molar-refractivity contribution in [1.82, 2.24) is 10.2 Å². The number of hydrogen-bond acceptors (Lipinski definition) is 3. The number of hydrogen-bond donors (Lipinski definition) is 1. The van der Waals surface area contributed by atoms with Crippen LogP contribution in [0.25, 0.3) is 0 Å². The molecule has 0 aromatic heterocycles. The first-order valence-electron chi connectivity index (χ1n) is 6.38. The number of likely N-dealkylation sites (tertiary alicyclic amines) is 1. The van der Waals surface area contributed by atoms with Gasteiger partial charge in [0.1, 0.15) is 6.23 Å². The molecule has 0 aromatic carbocycles. The van der Waals surface area contributed by atoms with Gasteiger partial charge >= 0.3 is 0 Å². The van der Waals surface area contributed by atoms with Crippen LogP contribution in [0.1, 0.15) is 33.1 Å². The fourth-order valence-corrected chi connectivity index (χ4v) is 2.71. The summed E-state index contributed by atoms with van der Waals surface area (Å²) in [7, 11) is 0. The Morgan fingerprint density at radius 3 is 3.00 bits per heavy atom. The smallest absolute Gasteiger partial charge is 0.109 e. The Morgan fingerprint density at radius 1 is 1.47 bits per heavy atom. The molecule has 3 atom stereocenters. The molecule has 0 amide bonds. The van der Waals surface area contributed by atoms with Gasteiger partial charge < -0.3 is 9.64 Å². The van der Waals surface area contributed by atoms with E-state index >= 15 is 0 Å². The maximum Gasteiger partial charge on any atom is 0.109 e. The zero-order valence-electron chi connectivity index (χ0n) is 10.0. The largest absolute Gasteiger partial charge is 0.363 e. The maximum absolute atomic E-state index is 5.81. The summed E-state index contributed by atoms with van der Waals surface area (Å²) in [5.41, 5.74) is 0. The van der Waals surface area contributed by atoms with Gasteiger partial charge in [-0.2, -0.15) is 0 Å². The summed E-state index contributed by atoms with van der Waals surface area (Å²) in [4.78, 5) is 2.59. The molecule has 88 valence electrons. The van der Waals surface area contributed by atoms with Crippen molar-refractivity contribution in [2.24, 2.45) is 5.92 Å². The minimum atomic E-state index is 0.304. The molecule has 15 heavy (non-hydrogen) atoms. The lowest BCUT2D eigenvalue weighted by atomic mass is 10.1. The van der Waals surface area contributed by atoms with Crippen molar-refractivity contribution in [2.75, 3.05) is 26.2 Å². The first-order chi connectivity index (χ1) is 7.29. The van der Waals surface area contributed by atoms with E-state index in [2.05, 4.69) is 24.1 Å². The highest BCUT2D eigenvalue weighted by molar-refractivity contribution is 4.81. The van der Waals surface area contributed by atoms with E-state index in [1.807, 2.05) is 0 Å². The van der Waals surface area contributed by atoms with Crippen molar-refractivity contribution in [3.63, 3.8) is 0 Å². The van der Waals surface area contributed by atoms with Crippen molar-refractivity contribution in [3.05, 3.63) is 0 Å². The molecule has 2 heterocycles. The second kappa shape index (κ2) is 5.28. The molecule has 2 rings (SSSR count). The molecule has 2 aliphatic heterocycles. The van der Waals surface area contributed by atoms with Crippen molar-refractivity contribution < 1.29 is 4.74 Å². The van der Waals surface area contributed by atoms with E-state index in [0.717, 1.165) is 19.2 Å². The molecule has 3 nitrogen and oxygen atoms in total. The highest BCUT2D eigenvalue weighted by atomic mass is 16.5. The maximum atomic E-state index is 5.81. The highest BCUT2D eigenvalue weighted by Gasteiger charge is 2.27. The summed E-state index contributed by atoms with van der Waals surface area (Å²) < 4.78 is 5.81. The molecule has 2 saturated heterocycles. The van der Waals surface area contributed by atoms with Crippen LogP contribution in [0.3, 0.4) is 0 Å². The van der Waals surface area contributed by atoms with Crippen LogP contribution in [-0.4, -0.2) is 43.4 Å². The molecule has 2 fully saturated rings. The predicted octanol–water partition coefficient (Wildman–Crippen LogP) is 1.44. The summed E-state index contributed by atoms with van der Waals surface area (Å²) in [6, 6.07) is 0.751. The quantitative estimate of drug-likeness (QED) is 0.766. The third-order valence-corrected chi connectivity index (χ3v) is 3.67. The second-order valence-electron chi connectivity index (χ2n) is 5.00. The van der Waals surface area contributed by atoms with E-state index in [1.54, 1.807) is 0 Å². The predicted molar refractivity (Wildman–Crippen MR) is 61.8 cm³/mol. The van der Waals surface area contributed by atoms with Gasteiger partial charge in [0.2, 0.25) is 0 Å². The summed E-state index contributed by atoms with van der Waals surface area (Å²) in [6.07, 6.45) is 4.19. The van der Waals surface area contributed by atoms with Gasteiger partial charge in [-0.3, -0.25) is 5.32 Å². The van der Waals surface area contributed by atoms with Crippen LogP contribution in [0.5, 0.6) is 0 Å². The molecule has 3 heteroatoms. The molecule has 0 spiro atoms. The van der Waals surface area contributed by atoms with Crippen LogP contribution in [0.2, 0.25) is 0 Å². The van der Waals surface area contributed by atoms with Crippen LogP contribution >= 0.6 is 0 Å². The summed E-state index contributed by atoms with van der Waals surface area (Å²) in [5, 5.41) is 3.49. The summed E-state index contributed by atoms with van der Waals surface area (Å²) in [6.45, 7) is 9.00. The van der Waals surface area contributed by atoms with E-state index in [9.17, 15) is 0 Å². The Morgan fingerprint density at radius 2 is 2.33 bits per heavy atom. The number of ether oxygens (including phenoxy) is 1. The fourth-order valence-electron chi connectivity index (χ4n) is 2.71. The van der Waals surface area contributed by atoms with Gasteiger partial charge in [-0.1, -0.05) is 13.8 Å². The summed E-state index contributed by atoms with van der Waals surface area (Å²) >= 11 is 0. The minimum Gasteiger partial charge on any atom is -0.363 e. The summed E-state index contributed by atoms with van der Waals surface area (Å²) in [5.74, 6) is 0.673. The topological polar surface area (TPSA) is 24.5 Å². The number of nitrogens with zero attached hydrogens (tertiary/aromatic N) is 1. The van der Waals surface area contributed by atoms with Crippen molar-refractivity contribution >= 4 is 0 Å². The lowest BCUT2D eigenvalue weighted by molar-refractivity contribution is -0.0381. The molecule has 3 unspecified atom stereocenters. The molecule has 1 N–H and O–H groups in total. The van der Waals surface area contributed by atoms with Gasteiger partial charge in [0, 0.05) is 19.0 Å². The monoisotopic (exact) mass is 212 g/mol. The Kier molecular flexibility index (Phi) is 4.00. The van der Waals surface area contributed by atoms with Crippen molar-refractivity contribution in [2.45, 2.75) is 45.4 Å². The lowest BCUT2D eigenvalue weighted by Gasteiger charge is -2.32. The Balaban J connectivity index is 1.76. The molecule has 0 aliphatic carbocycles. The molecular formula is C12H24N2O. The molecule has 0 saturated carbocycles. The second-order valence-corrected chi connectivity index (χ2v) is 5.00. The molecule has 0 bridgehead atoms. The van der Waals surface area contributed by atoms with E-state index in [-0.39, 0.29) is 0 Å². The number of rotatable bonds is 3. The van der Waals surface area contributed by atoms with Gasteiger partial charge in [0.15, 0.2) is 0 Å². The van der Waals surface area contributed by atoms with E-state index in [0.29, 0.717) is 12.1 Å². The van der Waals surface area contributed by atoms with Gasteiger partial charge in [0.05, 0.1) is 6.61 Å². The van der Waals surface area contributed by atoms with E-state index in [1.165, 1.54) is 32.4 Å². The van der Waals surface area contributed by atoms with Crippen molar-refractivity contribution in [1.29, 1.82) is 0 Å².